The minimum Gasteiger partial charge on any atom is -0.292 e. The number of hydrogen-bond acceptors (Lipinski definition) is 1. The first kappa shape index (κ1) is 14.1. The van der Waals surface area contributed by atoms with Crippen LogP contribution in [0.4, 0.5) is 0 Å². The van der Waals surface area contributed by atoms with Crippen LogP contribution in [0, 0.1) is 6.92 Å². The molecule has 0 amide bonds. The molecule has 0 aliphatic heterocycles. The third kappa shape index (κ3) is 2.33. The van der Waals surface area contributed by atoms with Crippen LogP contribution in [0.2, 0.25) is 0 Å². The number of para-hydroxylation sites is 2. The zero-order chi connectivity index (χ0) is 15.0. The van der Waals surface area contributed by atoms with E-state index < -0.39 is 0 Å². The van der Waals surface area contributed by atoms with Crippen LogP contribution in [-0.4, -0.2) is 9.13 Å². The predicted molar refractivity (Wildman–Crippen MR) is 89.9 cm³/mol. The minimum absolute atomic E-state index is 0.0538. The number of hydrogen-bond donors (Lipinski definition) is 0. The Morgan fingerprint density at radius 2 is 1.67 bits per heavy atom. The lowest BCUT2D eigenvalue weighted by molar-refractivity contribution is 0.683. The van der Waals surface area contributed by atoms with Gasteiger partial charge in [0.15, 0.2) is 0 Å². The van der Waals surface area contributed by atoms with Crippen molar-refractivity contribution in [1.29, 1.82) is 0 Å². The Hall–Kier alpha value is -1.81. The van der Waals surface area contributed by atoms with Crippen molar-refractivity contribution < 1.29 is 0 Å². The van der Waals surface area contributed by atoms with Crippen LogP contribution in [0.5, 0.6) is 0 Å². The van der Waals surface area contributed by atoms with Crippen molar-refractivity contribution in [2.24, 2.45) is 0 Å². The molecule has 0 radical (unpaired) electrons. The molecular formula is C17H17BrN2O. The van der Waals surface area contributed by atoms with Gasteiger partial charge < -0.3 is 0 Å². The molecule has 0 saturated heterocycles. The van der Waals surface area contributed by atoms with E-state index >= 15 is 0 Å². The quantitative estimate of drug-likeness (QED) is 0.706. The van der Waals surface area contributed by atoms with Crippen molar-refractivity contribution in [2.45, 2.75) is 26.9 Å². The number of aromatic nitrogens is 2. The Bertz CT molecular complexity index is 861. The van der Waals surface area contributed by atoms with Gasteiger partial charge >= 0.3 is 5.69 Å². The fraction of sp³-hybridized carbons (Fsp3) is 0.235. The molecule has 0 bridgehead atoms. The van der Waals surface area contributed by atoms with Gasteiger partial charge in [0.05, 0.1) is 17.6 Å². The van der Waals surface area contributed by atoms with E-state index in [1.165, 1.54) is 5.56 Å². The van der Waals surface area contributed by atoms with Crippen LogP contribution in [0.3, 0.4) is 0 Å². The van der Waals surface area contributed by atoms with Gasteiger partial charge in [0, 0.05) is 11.0 Å². The monoisotopic (exact) mass is 344 g/mol. The molecule has 0 unspecified atom stereocenters. The maximum absolute atomic E-state index is 12.6. The van der Waals surface area contributed by atoms with Gasteiger partial charge in [0.25, 0.3) is 0 Å². The first-order valence-electron chi connectivity index (χ1n) is 7.05. The summed E-state index contributed by atoms with van der Waals surface area (Å²) < 4.78 is 4.75. The second-order valence-electron chi connectivity index (χ2n) is 5.13. The predicted octanol–water partition coefficient (Wildman–Crippen LogP) is 3.94. The van der Waals surface area contributed by atoms with E-state index in [4.69, 9.17) is 0 Å². The summed E-state index contributed by atoms with van der Waals surface area (Å²) in [5.74, 6) is 0. The Kier molecular flexibility index (Phi) is 3.72. The summed E-state index contributed by atoms with van der Waals surface area (Å²) in [5.41, 5.74) is 4.38. The van der Waals surface area contributed by atoms with E-state index in [1.54, 1.807) is 0 Å². The molecule has 0 fully saturated rings. The molecule has 3 nitrogen and oxygen atoms in total. The van der Waals surface area contributed by atoms with E-state index in [9.17, 15) is 4.79 Å². The highest BCUT2D eigenvalue weighted by atomic mass is 79.9. The topological polar surface area (TPSA) is 26.9 Å². The molecule has 0 N–H and O–H groups in total. The van der Waals surface area contributed by atoms with E-state index in [-0.39, 0.29) is 5.69 Å². The van der Waals surface area contributed by atoms with Gasteiger partial charge in [-0.25, -0.2) is 4.79 Å². The van der Waals surface area contributed by atoms with Crippen LogP contribution in [0.15, 0.2) is 51.7 Å². The Morgan fingerprint density at radius 1 is 1.00 bits per heavy atom. The summed E-state index contributed by atoms with van der Waals surface area (Å²) in [6.07, 6.45) is 0. The van der Waals surface area contributed by atoms with E-state index in [2.05, 4.69) is 28.9 Å². The number of imidazole rings is 1. The zero-order valence-corrected chi connectivity index (χ0v) is 13.7. The molecule has 0 aliphatic carbocycles. The molecule has 3 rings (SSSR count). The van der Waals surface area contributed by atoms with Gasteiger partial charge in [-0.2, -0.15) is 0 Å². The first-order chi connectivity index (χ1) is 10.1. The van der Waals surface area contributed by atoms with Crippen molar-refractivity contribution in [2.75, 3.05) is 0 Å². The van der Waals surface area contributed by atoms with Crippen LogP contribution >= 0.6 is 15.9 Å². The molecule has 1 heterocycles. The molecule has 0 atom stereocenters. The van der Waals surface area contributed by atoms with Crippen LogP contribution < -0.4 is 5.69 Å². The van der Waals surface area contributed by atoms with E-state index in [0.29, 0.717) is 13.1 Å². The summed E-state index contributed by atoms with van der Waals surface area (Å²) in [4.78, 5) is 12.6. The number of halogens is 1. The molecule has 2 aromatic carbocycles. The molecule has 0 spiro atoms. The van der Waals surface area contributed by atoms with Crippen LogP contribution in [0.25, 0.3) is 11.0 Å². The van der Waals surface area contributed by atoms with Gasteiger partial charge in [-0.15, -0.1) is 0 Å². The summed E-state index contributed by atoms with van der Waals surface area (Å²) in [6.45, 7) is 5.35. The molecule has 21 heavy (non-hydrogen) atoms. The highest BCUT2D eigenvalue weighted by Gasteiger charge is 2.13. The molecule has 4 heteroatoms. The maximum Gasteiger partial charge on any atom is 0.329 e. The average Bonchev–Trinajstić information content (AvgIpc) is 2.76. The zero-order valence-electron chi connectivity index (χ0n) is 12.1. The second kappa shape index (κ2) is 5.53. The number of nitrogens with zero attached hydrogens (tertiary/aromatic N) is 2. The summed E-state index contributed by atoms with van der Waals surface area (Å²) in [5, 5.41) is 0. The molecule has 3 aromatic rings. The first-order valence-corrected chi connectivity index (χ1v) is 7.85. The highest BCUT2D eigenvalue weighted by Crippen LogP contribution is 2.21. The fourth-order valence-electron chi connectivity index (χ4n) is 2.72. The molecular weight excluding hydrogens is 328 g/mol. The summed E-state index contributed by atoms with van der Waals surface area (Å²) in [7, 11) is 0. The summed E-state index contributed by atoms with van der Waals surface area (Å²) >= 11 is 3.55. The van der Waals surface area contributed by atoms with Crippen molar-refractivity contribution in [3.05, 3.63) is 68.5 Å². The standard InChI is InChI=1S/C17H17BrN2O/c1-3-19-15-9-4-5-10-16(15)20(17(19)21)11-13-7-6-8-14(18)12(13)2/h4-10H,3,11H2,1-2H3. The average molecular weight is 345 g/mol. The number of aryl methyl sites for hydroxylation is 1. The largest absolute Gasteiger partial charge is 0.329 e. The third-order valence-corrected chi connectivity index (χ3v) is 4.81. The van der Waals surface area contributed by atoms with Gasteiger partial charge in [-0.05, 0) is 43.2 Å². The number of benzene rings is 2. The van der Waals surface area contributed by atoms with Crippen LogP contribution in [0.1, 0.15) is 18.1 Å². The van der Waals surface area contributed by atoms with Gasteiger partial charge in [-0.3, -0.25) is 9.13 Å². The summed E-state index contributed by atoms with van der Waals surface area (Å²) in [6, 6.07) is 14.1. The van der Waals surface area contributed by atoms with Crippen molar-refractivity contribution in [1.82, 2.24) is 9.13 Å². The van der Waals surface area contributed by atoms with Gasteiger partial charge in [0.1, 0.15) is 0 Å². The molecule has 1 aromatic heterocycles. The normalized spacial score (nSPS) is 11.2. The fourth-order valence-corrected chi connectivity index (χ4v) is 3.13. The SMILES string of the molecule is CCn1c(=O)n(Cc2cccc(Br)c2C)c2ccccc21. The van der Waals surface area contributed by atoms with E-state index in [1.807, 2.05) is 52.5 Å². The lowest BCUT2D eigenvalue weighted by Crippen LogP contribution is -2.24. The van der Waals surface area contributed by atoms with Crippen LogP contribution in [-0.2, 0) is 13.1 Å². The van der Waals surface area contributed by atoms with Crippen molar-refractivity contribution in [3.63, 3.8) is 0 Å². The Labute approximate surface area is 132 Å². The minimum atomic E-state index is 0.0538. The number of fused-ring (bicyclic) bond motifs is 1. The van der Waals surface area contributed by atoms with Crippen molar-refractivity contribution >= 4 is 27.0 Å². The maximum atomic E-state index is 12.6. The Balaban J connectivity index is 2.19. The highest BCUT2D eigenvalue weighted by molar-refractivity contribution is 9.10. The molecule has 0 saturated carbocycles. The third-order valence-electron chi connectivity index (χ3n) is 3.95. The van der Waals surface area contributed by atoms with E-state index in [0.717, 1.165) is 21.1 Å². The second-order valence-corrected chi connectivity index (χ2v) is 5.98. The lowest BCUT2D eigenvalue weighted by Gasteiger charge is -2.08. The Morgan fingerprint density at radius 3 is 2.33 bits per heavy atom. The molecule has 0 aliphatic rings. The lowest BCUT2D eigenvalue weighted by atomic mass is 10.1. The van der Waals surface area contributed by atoms with Gasteiger partial charge in [-0.1, -0.05) is 40.2 Å². The van der Waals surface area contributed by atoms with Crippen molar-refractivity contribution in [3.8, 4) is 0 Å². The molecule has 108 valence electrons. The number of rotatable bonds is 3. The van der Waals surface area contributed by atoms with Gasteiger partial charge in [0.2, 0.25) is 0 Å². The smallest absolute Gasteiger partial charge is 0.292 e.